The largest absolute Gasteiger partial charge is 0.500 e. The van der Waals surface area contributed by atoms with Crippen LogP contribution in [-0.4, -0.2) is 84.6 Å². The van der Waals surface area contributed by atoms with E-state index in [0.717, 1.165) is 50.5 Å². The van der Waals surface area contributed by atoms with Gasteiger partial charge in [0, 0.05) is 48.2 Å². The highest BCUT2D eigenvalue weighted by atomic mass is 32.1. The van der Waals surface area contributed by atoms with Crippen LogP contribution in [-0.2, 0) is 31.6 Å². The highest BCUT2D eigenvalue weighted by molar-refractivity contribution is 7.80. The Kier molecular flexibility index (Phi) is 14.8. The van der Waals surface area contributed by atoms with Crippen molar-refractivity contribution in [3.05, 3.63) is 0 Å². The first-order valence-corrected chi connectivity index (χ1v) is 13.6. The molecule has 0 radical (unpaired) electrons. The molecule has 0 aliphatic carbocycles. The topological polar surface area (TPSA) is 67.9 Å². The number of ether oxygens (including phenoxy) is 2. The van der Waals surface area contributed by atoms with Crippen molar-refractivity contribution in [1.82, 2.24) is 0 Å². The minimum absolute atomic E-state index is 0.364. The number of rotatable bonds is 14. The van der Waals surface area contributed by atoms with Gasteiger partial charge in [-0.3, -0.25) is 0 Å². The van der Waals surface area contributed by atoms with E-state index in [4.69, 9.17) is 31.6 Å². The van der Waals surface area contributed by atoms with Crippen molar-refractivity contribution < 1.29 is 31.6 Å². The average molecular weight is 417 g/mol. The molecule has 25 heavy (non-hydrogen) atoms. The number of epoxide rings is 1. The molecule has 0 aromatic rings. The summed E-state index contributed by atoms with van der Waals surface area (Å²) in [6.45, 7) is 4.44. The van der Waals surface area contributed by atoms with Crippen molar-refractivity contribution in [1.29, 1.82) is 0 Å². The molecule has 1 saturated heterocycles. The molecular weight excluding hydrogens is 380 g/mol. The van der Waals surface area contributed by atoms with Gasteiger partial charge >= 0.3 is 17.4 Å². The van der Waals surface area contributed by atoms with Crippen molar-refractivity contribution in [2.45, 2.75) is 37.6 Å². The van der Waals surface area contributed by atoms with Crippen LogP contribution in [0.25, 0.3) is 0 Å². The second-order valence-corrected chi connectivity index (χ2v) is 12.9. The summed E-state index contributed by atoms with van der Waals surface area (Å²) in [5.74, 6) is 0.838. The minimum Gasteiger partial charge on any atom is -0.398 e. The van der Waals surface area contributed by atoms with E-state index in [0.29, 0.717) is 6.10 Å². The van der Waals surface area contributed by atoms with Crippen LogP contribution in [0.4, 0.5) is 0 Å². The summed E-state index contributed by atoms with van der Waals surface area (Å²) in [5, 5.41) is 0. The summed E-state index contributed by atoms with van der Waals surface area (Å²) >= 11 is 4.10. The van der Waals surface area contributed by atoms with Gasteiger partial charge in [-0.15, -0.1) is 0 Å². The zero-order chi connectivity index (χ0) is 19.2. The molecule has 1 fully saturated rings. The quantitative estimate of drug-likeness (QED) is 0.202. The third-order valence-electron chi connectivity index (χ3n) is 4.06. The Labute approximate surface area is 160 Å². The molecule has 1 heterocycles. The standard InChI is InChI=1S/C9H20O4Si.C6H16O3SSi/c1-10-14(3,11-2)6-4-5-12-7-9-8-13-9;1-7-11(8-2,9-3)6-4-5-10/h9H,4-8H2,1-3H3;10H,4-6H2,1-3H3. The van der Waals surface area contributed by atoms with Gasteiger partial charge in [0.2, 0.25) is 0 Å². The lowest BCUT2D eigenvalue weighted by Gasteiger charge is -2.23. The lowest BCUT2D eigenvalue weighted by atomic mass is 10.5. The third-order valence-corrected chi connectivity index (χ3v) is 10.2. The molecule has 1 aliphatic heterocycles. The van der Waals surface area contributed by atoms with Gasteiger partial charge in [0.05, 0.1) is 13.2 Å². The lowest BCUT2D eigenvalue weighted by molar-refractivity contribution is 0.114. The first-order valence-electron chi connectivity index (χ1n) is 8.50. The molecule has 1 atom stereocenters. The average Bonchev–Trinajstić information content (AvgIpc) is 3.48. The van der Waals surface area contributed by atoms with E-state index in [9.17, 15) is 0 Å². The van der Waals surface area contributed by atoms with Crippen LogP contribution in [0.15, 0.2) is 0 Å². The Bertz CT molecular complexity index is 306. The van der Waals surface area contributed by atoms with Gasteiger partial charge in [0.15, 0.2) is 0 Å². The summed E-state index contributed by atoms with van der Waals surface area (Å²) in [6, 6.07) is 1.81. The van der Waals surface area contributed by atoms with Gasteiger partial charge in [-0.25, -0.2) is 0 Å². The Morgan fingerprint density at radius 3 is 1.88 bits per heavy atom. The SMILES string of the molecule is CO[Si](C)(CCCOCC1CO1)OC.CO[Si](CCCS)(OC)OC. The first-order chi connectivity index (χ1) is 11.9. The van der Waals surface area contributed by atoms with Crippen molar-refractivity contribution >= 4 is 30.0 Å². The van der Waals surface area contributed by atoms with E-state index in [2.05, 4.69) is 19.2 Å². The molecule has 1 rings (SSSR count). The zero-order valence-electron chi connectivity index (χ0n) is 16.5. The Hall–Kier alpha value is 0.504. The van der Waals surface area contributed by atoms with Crippen LogP contribution in [0.5, 0.6) is 0 Å². The van der Waals surface area contributed by atoms with Gasteiger partial charge < -0.3 is 31.6 Å². The summed E-state index contributed by atoms with van der Waals surface area (Å²) < 4.78 is 36.8. The van der Waals surface area contributed by atoms with E-state index >= 15 is 0 Å². The van der Waals surface area contributed by atoms with E-state index < -0.39 is 17.4 Å². The number of hydrogen-bond acceptors (Lipinski definition) is 8. The maximum absolute atomic E-state index is 5.43. The highest BCUT2D eigenvalue weighted by Gasteiger charge is 2.36. The molecule has 0 saturated carbocycles. The predicted molar refractivity (Wildman–Crippen MR) is 106 cm³/mol. The highest BCUT2D eigenvalue weighted by Crippen LogP contribution is 2.15. The van der Waals surface area contributed by atoms with Crippen molar-refractivity contribution in [2.24, 2.45) is 0 Å². The second kappa shape index (κ2) is 14.5. The minimum atomic E-state index is -2.29. The first kappa shape index (κ1) is 25.5. The Morgan fingerprint density at radius 1 is 0.920 bits per heavy atom. The van der Waals surface area contributed by atoms with Gasteiger partial charge in [-0.2, -0.15) is 12.6 Å². The molecule has 1 aliphatic rings. The smallest absolute Gasteiger partial charge is 0.398 e. The van der Waals surface area contributed by atoms with Crippen LogP contribution in [0.1, 0.15) is 12.8 Å². The van der Waals surface area contributed by atoms with E-state index in [1.165, 1.54) is 0 Å². The molecule has 1 unspecified atom stereocenters. The second-order valence-electron chi connectivity index (χ2n) is 5.80. The normalized spacial score (nSPS) is 17.2. The van der Waals surface area contributed by atoms with Crippen molar-refractivity contribution in [3.63, 3.8) is 0 Å². The van der Waals surface area contributed by atoms with Gasteiger partial charge in [0.25, 0.3) is 0 Å². The molecule has 0 aromatic carbocycles. The molecule has 0 amide bonds. The summed E-state index contributed by atoms with van der Waals surface area (Å²) in [5.41, 5.74) is 0. The summed E-state index contributed by atoms with van der Waals surface area (Å²) in [7, 11) is 4.14. The van der Waals surface area contributed by atoms with Crippen LogP contribution >= 0.6 is 12.6 Å². The molecule has 0 bridgehead atoms. The Balaban J connectivity index is 0.000000477. The van der Waals surface area contributed by atoms with Crippen LogP contribution in [0, 0.1) is 0 Å². The Morgan fingerprint density at radius 2 is 1.48 bits per heavy atom. The molecule has 10 heteroatoms. The number of thiol groups is 1. The number of hydrogen-bond donors (Lipinski definition) is 1. The zero-order valence-corrected chi connectivity index (χ0v) is 19.4. The molecule has 7 nitrogen and oxygen atoms in total. The maximum atomic E-state index is 5.43. The van der Waals surface area contributed by atoms with Crippen LogP contribution < -0.4 is 0 Å². The van der Waals surface area contributed by atoms with Crippen molar-refractivity contribution in [2.75, 3.05) is 61.1 Å². The fourth-order valence-corrected chi connectivity index (χ4v) is 5.55. The van der Waals surface area contributed by atoms with E-state index in [1.54, 1.807) is 35.5 Å². The fourth-order valence-electron chi connectivity index (χ4n) is 2.01. The molecule has 0 aromatic heterocycles. The van der Waals surface area contributed by atoms with E-state index in [-0.39, 0.29) is 0 Å². The lowest BCUT2D eigenvalue weighted by Crippen LogP contribution is -2.42. The predicted octanol–water partition coefficient (Wildman–Crippen LogP) is 2.34. The molecule has 0 spiro atoms. The van der Waals surface area contributed by atoms with Gasteiger partial charge in [-0.05, 0) is 31.2 Å². The van der Waals surface area contributed by atoms with Gasteiger partial charge in [0.1, 0.15) is 6.10 Å². The van der Waals surface area contributed by atoms with Crippen LogP contribution in [0.2, 0.25) is 18.6 Å². The summed E-state index contributed by atoms with van der Waals surface area (Å²) in [6.07, 6.45) is 2.32. The summed E-state index contributed by atoms with van der Waals surface area (Å²) in [4.78, 5) is 0. The van der Waals surface area contributed by atoms with Crippen LogP contribution in [0.3, 0.4) is 0 Å². The van der Waals surface area contributed by atoms with Gasteiger partial charge in [-0.1, -0.05) is 0 Å². The fraction of sp³-hybridized carbons (Fsp3) is 1.00. The maximum Gasteiger partial charge on any atom is 0.500 e. The molecule has 0 N–H and O–H groups in total. The molecular formula is C15H36O7SSi2. The molecule has 152 valence electrons. The monoisotopic (exact) mass is 416 g/mol. The third kappa shape index (κ3) is 11.7. The van der Waals surface area contributed by atoms with Crippen molar-refractivity contribution in [3.8, 4) is 0 Å². The van der Waals surface area contributed by atoms with E-state index in [1.807, 2.05) is 0 Å².